The number of aliphatic hydroxyl groups excluding tert-OH is 1. The van der Waals surface area contributed by atoms with Crippen molar-refractivity contribution in [2.45, 2.75) is 70.3 Å². The van der Waals surface area contributed by atoms with E-state index in [-0.39, 0.29) is 18.3 Å². The highest BCUT2D eigenvalue weighted by Gasteiger charge is 2.22. The number of nitrogens with one attached hydrogen (secondary N) is 2. The Morgan fingerprint density at radius 1 is 1.00 bits per heavy atom. The third kappa shape index (κ3) is 9.32. The number of rotatable bonds is 13. The van der Waals surface area contributed by atoms with Crippen molar-refractivity contribution in [1.82, 2.24) is 10.6 Å². The van der Waals surface area contributed by atoms with Gasteiger partial charge in [-0.25, -0.2) is 0 Å². The fourth-order valence-corrected chi connectivity index (χ4v) is 5.00. The molecule has 0 heterocycles. The van der Waals surface area contributed by atoms with Gasteiger partial charge >= 0.3 is 5.97 Å². The number of benzene rings is 2. The fraction of sp³-hybridized carbons (Fsp3) is 0.500. The summed E-state index contributed by atoms with van der Waals surface area (Å²) in [5, 5.41) is 15.3. The maximum atomic E-state index is 13.1. The second kappa shape index (κ2) is 15.2. The Bertz CT molecular complexity index is 1030. The van der Waals surface area contributed by atoms with Gasteiger partial charge in [-0.2, -0.15) is 0 Å². The van der Waals surface area contributed by atoms with Crippen LogP contribution in [0.15, 0.2) is 48.5 Å². The van der Waals surface area contributed by atoms with Gasteiger partial charge in [-0.05, 0) is 41.5 Å². The summed E-state index contributed by atoms with van der Waals surface area (Å²) in [4.78, 5) is 37.3. The zero-order chi connectivity index (χ0) is 26.5. The molecule has 0 saturated heterocycles. The Kier molecular flexibility index (Phi) is 11.6. The molecule has 2 aromatic carbocycles. The normalized spacial score (nSPS) is 14.5. The van der Waals surface area contributed by atoms with Gasteiger partial charge in [0.05, 0.1) is 20.1 Å². The summed E-state index contributed by atoms with van der Waals surface area (Å²) >= 11 is 0. The van der Waals surface area contributed by atoms with Crippen LogP contribution < -0.4 is 10.6 Å². The first-order valence-corrected chi connectivity index (χ1v) is 13.4. The van der Waals surface area contributed by atoms with Crippen molar-refractivity contribution in [2.75, 3.05) is 20.3 Å². The summed E-state index contributed by atoms with van der Waals surface area (Å²) in [6.45, 7) is 0.0633. The van der Waals surface area contributed by atoms with Gasteiger partial charge < -0.3 is 20.5 Å². The molecule has 1 fully saturated rings. The Labute approximate surface area is 220 Å². The zero-order valence-corrected chi connectivity index (χ0v) is 21.8. The number of carbonyl (C=O) groups is 3. The Morgan fingerprint density at radius 3 is 2.51 bits per heavy atom. The molecule has 1 aliphatic rings. The maximum absolute atomic E-state index is 13.1. The number of aliphatic hydroxyl groups is 1. The molecule has 200 valence electrons. The molecule has 1 unspecified atom stereocenters. The standard InChI is InChI=1S/C30H40N2O5/c1-37-28(34)20-24-14-9-13-23(18-24)19-25-15-5-6-16-26(25)29(35)32-27(21-33)30(36)31-17-8-7-12-22-10-3-2-4-11-22/h5-6,9,13-16,18,22,27,33H,2-4,7-8,10-12,17,19-21H2,1H3,(H,31,36)(H,32,35). The SMILES string of the molecule is COC(=O)Cc1cccc(Cc2ccccc2C(=O)NC(CO)C(=O)NCCCCC2CCCCC2)c1. The highest BCUT2D eigenvalue weighted by Crippen LogP contribution is 2.27. The number of ether oxygens (including phenoxy) is 1. The number of methoxy groups -OCH3 is 1. The largest absolute Gasteiger partial charge is 0.469 e. The highest BCUT2D eigenvalue weighted by molar-refractivity contribution is 5.98. The Balaban J connectivity index is 1.52. The van der Waals surface area contributed by atoms with Gasteiger partial charge in [0.1, 0.15) is 6.04 Å². The first-order valence-electron chi connectivity index (χ1n) is 13.4. The summed E-state index contributed by atoms with van der Waals surface area (Å²) in [7, 11) is 1.36. The number of esters is 1. The molecule has 0 radical (unpaired) electrons. The Morgan fingerprint density at radius 2 is 1.76 bits per heavy atom. The van der Waals surface area contributed by atoms with Crippen LogP contribution in [0, 0.1) is 5.92 Å². The molecule has 2 aromatic rings. The third-order valence-corrected chi connectivity index (χ3v) is 7.09. The van der Waals surface area contributed by atoms with Crippen LogP contribution in [0.5, 0.6) is 0 Å². The first kappa shape index (κ1) is 28.4. The Hall–Kier alpha value is -3.19. The summed E-state index contributed by atoms with van der Waals surface area (Å²) in [6, 6.07) is 13.8. The molecule has 3 rings (SSSR count). The van der Waals surface area contributed by atoms with E-state index in [1.807, 2.05) is 36.4 Å². The van der Waals surface area contributed by atoms with Crippen molar-refractivity contribution in [3.05, 3.63) is 70.8 Å². The minimum absolute atomic E-state index is 0.181. The number of amides is 2. The van der Waals surface area contributed by atoms with Gasteiger partial charge in [-0.1, -0.05) is 87.4 Å². The van der Waals surface area contributed by atoms with Crippen molar-refractivity contribution >= 4 is 17.8 Å². The van der Waals surface area contributed by atoms with Crippen LogP contribution in [0.25, 0.3) is 0 Å². The van der Waals surface area contributed by atoms with Crippen LogP contribution in [0.1, 0.15) is 78.4 Å². The monoisotopic (exact) mass is 508 g/mol. The van der Waals surface area contributed by atoms with Crippen LogP contribution in [0.2, 0.25) is 0 Å². The molecule has 0 spiro atoms. The number of hydrogen-bond donors (Lipinski definition) is 3. The molecule has 0 bridgehead atoms. The van der Waals surface area contributed by atoms with Gasteiger partial charge in [-0.15, -0.1) is 0 Å². The van der Waals surface area contributed by atoms with Crippen molar-refractivity contribution < 1.29 is 24.2 Å². The first-order chi connectivity index (χ1) is 18.0. The highest BCUT2D eigenvalue weighted by atomic mass is 16.5. The van der Waals surface area contributed by atoms with Gasteiger partial charge in [0.2, 0.25) is 5.91 Å². The zero-order valence-electron chi connectivity index (χ0n) is 21.8. The summed E-state index contributed by atoms with van der Waals surface area (Å²) in [6.07, 6.45) is 10.5. The molecule has 1 saturated carbocycles. The quantitative estimate of drug-likeness (QED) is 0.281. The van der Waals surface area contributed by atoms with Gasteiger partial charge in [-0.3, -0.25) is 14.4 Å². The van der Waals surface area contributed by atoms with Crippen molar-refractivity contribution in [1.29, 1.82) is 0 Å². The van der Waals surface area contributed by atoms with E-state index < -0.39 is 18.6 Å². The third-order valence-electron chi connectivity index (χ3n) is 7.09. The average Bonchev–Trinajstić information content (AvgIpc) is 2.92. The molecular weight excluding hydrogens is 468 g/mol. The van der Waals surface area contributed by atoms with Crippen molar-refractivity contribution in [3.63, 3.8) is 0 Å². The minimum Gasteiger partial charge on any atom is -0.469 e. The summed E-state index contributed by atoms with van der Waals surface area (Å²) in [5.41, 5.74) is 3.02. The van der Waals surface area contributed by atoms with Crippen LogP contribution in [-0.2, 0) is 27.2 Å². The molecule has 1 atom stereocenters. The van der Waals surface area contributed by atoms with Crippen LogP contribution in [0.3, 0.4) is 0 Å². The molecule has 1 aliphatic carbocycles. The topological polar surface area (TPSA) is 105 Å². The van der Waals surface area contributed by atoms with Gasteiger partial charge in [0.25, 0.3) is 5.91 Å². The van der Waals surface area contributed by atoms with E-state index in [0.29, 0.717) is 18.5 Å². The molecular formula is C30H40N2O5. The van der Waals surface area contributed by atoms with E-state index in [0.717, 1.165) is 35.4 Å². The molecule has 7 nitrogen and oxygen atoms in total. The van der Waals surface area contributed by atoms with E-state index in [2.05, 4.69) is 10.6 Å². The van der Waals surface area contributed by atoms with E-state index in [9.17, 15) is 19.5 Å². The second-order valence-electron chi connectivity index (χ2n) is 9.91. The lowest BCUT2D eigenvalue weighted by Gasteiger charge is -2.21. The lowest BCUT2D eigenvalue weighted by molar-refractivity contribution is -0.139. The number of unbranched alkanes of at least 4 members (excludes halogenated alkanes) is 1. The van der Waals surface area contributed by atoms with Crippen molar-refractivity contribution in [2.24, 2.45) is 5.92 Å². The molecule has 37 heavy (non-hydrogen) atoms. The van der Waals surface area contributed by atoms with E-state index in [1.165, 1.54) is 45.6 Å². The maximum Gasteiger partial charge on any atom is 0.309 e. The van der Waals surface area contributed by atoms with Gasteiger partial charge in [0, 0.05) is 12.1 Å². The molecule has 3 N–H and O–H groups in total. The van der Waals surface area contributed by atoms with E-state index >= 15 is 0 Å². The molecule has 0 aromatic heterocycles. The minimum atomic E-state index is -1.01. The van der Waals surface area contributed by atoms with E-state index in [1.54, 1.807) is 12.1 Å². The predicted molar refractivity (Wildman–Crippen MR) is 143 cm³/mol. The fourth-order valence-electron chi connectivity index (χ4n) is 5.00. The van der Waals surface area contributed by atoms with Crippen LogP contribution in [0.4, 0.5) is 0 Å². The summed E-state index contributed by atoms with van der Waals surface area (Å²) < 4.78 is 4.75. The summed E-state index contributed by atoms with van der Waals surface area (Å²) in [5.74, 6) is -0.270. The lowest BCUT2D eigenvalue weighted by atomic mass is 9.86. The molecule has 2 amide bonds. The predicted octanol–water partition coefficient (Wildman–Crippen LogP) is 3.95. The number of carbonyl (C=O) groups excluding carboxylic acids is 3. The lowest BCUT2D eigenvalue weighted by Crippen LogP contribution is -2.49. The second-order valence-corrected chi connectivity index (χ2v) is 9.91. The van der Waals surface area contributed by atoms with E-state index in [4.69, 9.17) is 4.74 Å². The molecule has 7 heteroatoms. The number of hydrogen-bond acceptors (Lipinski definition) is 5. The van der Waals surface area contributed by atoms with Crippen LogP contribution in [-0.4, -0.2) is 49.2 Å². The average molecular weight is 509 g/mol. The van der Waals surface area contributed by atoms with Gasteiger partial charge in [0.15, 0.2) is 0 Å². The van der Waals surface area contributed by atoms with Crippen LogP contribution >= 0.6 is 0 Å². The van der Waals surface area contributed by atoms with Crippen molar-refractivity contribution in [3.8, 4) is 0 Å². The smallest absolute Gasteiger partial charge is 0.309 e. The molecule has 0 aliphatic heterocycles.